The van der Waals surface area contributed by atoms with E-state index >= 15 is 0 Å². The van der Waals surface area contributed by atoms with Gasteiger partial charge in [-0.25, -0.2) is 8.42 Å². The van der Waals surface area contributed by atoms with Gasteiger partial charge in [-0.05, 0) is 47.2 Å². The lowest BCUT2D eigenvalue weighted by Crippen LogP contribution is -2.05. The van der Waals surface area contributed by atoms with Crippen LogP contribution in [-0.4, -0.2) is 26.8 Å². The van der Waals surface area contributed by atoms with E-state index in [1.54, 1.807) is 7.11 Å². The highest BCUT2D eigenvalue weighted by Crippen LogP contribution is 2.40. The highest BCUT2D eigenvalue weighted by Gasteiger charge is 2.17. The SMILES string of the molecule is COc1ccc2[nH]c(=O)c3sccc3c2c1-c1ccc(CS(C)(=O)=O)c(C)c1. The lowest BCUT2D eigenvalue weighted by Gasteiger charge is -2.15. The molecule has 0 aliphatic heterocycles. The Morgan fingerprint density at radius 2 is 1.93 bits per heavy atom. The maximum atomic E-state index is 12.4. The summed E-state index contributed by atoms with van der Waals surface area (Å²) in [6.45, 7) is 1.91. The van der Waals surface area contributed by atoms with Gasteiger partial charge in [0.15, 0.2) is 9.84 Å². The van der Waals surface area contributed by atoms with Gasteiger partial charge in [-0.3, -0.25) is 4.79 Å². The Bertz CT molecular complexity index is 1380. The molecule has 2 heterocycles. The monoisotopic (exact) mass is 413 g/mol. The summed E-state index contributed by atoms with van der Waals surface area (Å²) >= 11 is 1.41. The molecule has 28 heavy (non-hydrogen) atoms. The molecule has 144 valence electrons. The molecule has 0 fully saturated rings. The average Bonchev–Trinajstić information content (AvgIpc) is 3.12. The number of thiophene rings is 1. The lowest BCUT2D eigenvalue weighted by molar-refractivity contribution is 0.417. The van der Waals surface area contributed by atoms with Crippen LogP contribution in [0.1, 0.15) is 11.1 Å². The van der Waals surface area contributed by atoms with Gasteiger partial charge in [-0.15, -0.1) is 11.3 Å². The molecule has 7 heteroatoms. The Balaban J connectivity index is 2.04. The van der Waals surface area contributed by atoms with Gasteiger partial charge in [0.1, 0.15) is 10.4 Å². The van der Waals surface area contributed by atoms with Gasteiger partial charge >= 0.3 is 0 Å². The summed E-state index contributed by atoms with van der Waals surface area (Å²) in [5.41, 5.74) is 4.11. The summed E-state index contributed by atoms with van der Waals surface area (Å²) in [7, 11) is -1.50. The van der Waals surface area contributed by atoms with Gasteiger partial charge in [0, 0.05) is 28.1 Å². The fourth-order valence-electron chi connectivity index (χ4n) is 3.58. The zero-order valence-electron chi connectivity index (χ0n) is 15.7. The van der Waals surface area contributed by atoms with Crippen LogP contribution in [0.25, 0.3) is 32.1 Å². The first-order valence-electron chi connectivity index (χ1n) is 8.66. The van der Waals surface area contributed by atoms with E-state index in [1.807, 2.05) is 48.7 Å². The molecule has 1 N–H and O–H groups in total. The van der Waals surface area contributed by atoms with Gasteiger partial charge in [-0.2, -0.15) is 0 Å². The van der Waals surface area contributed by atoms with Gasteiger partial charge in [-0.1, -0.05) is 18.2 Å². The van der Waals surface area contributed by atoms with E-state index in [2.05, 4.69) is 4.98 Å². The molecule has 2 aromatic heterocycles. The van der Waals surface area contributed by atoms with E-state index in [4.69, 9.17) is 4.74 Å². The number of aromatic nitrogens is 1. The first-order valence-corrected chi connectivity index (χ1v) is 11.6. The number of rotatable bonds is 4. The van der Waals surface area contributed by atoms with Gasteiger partial charge < -0.3 is 9.72 Å². The number of methoxy groups -OCH3 is 1. The van der Waals surface area contributed by atoms with E-state index in [1.165, 1.54) is 17.6 Å². The van der Waals surface area contributed by atoms with Crippen molar-refractivity contribution in [1.82, 2.24) is 4.98 Å². The molecule has 0 amide bonds. The average molecular weight is 414 g/mol. The summed E-state index contributed by atoms with van der Waals surface area (Å²) < 4.78 is 29.7. The standard InChI is InChI=1S/C21H19NO4S2/c1-12-10-13(4-5-14(12)11-28(3,24)25)18-17(26-2)7-6-16-19(18)15-8-9-27-20(15)21(23)22-16/h4-10H,11H2,1-3H3,(H,22,23). The van der Waals surface area contributed by atoms with Crippen LogP contribution in [0.15, 0.2) is 46.6 Å². The first-order chi connectivity index (χ1) is 13.3. The van der Waals surface area contributed by atoms with Gasteiger partial charge in [0.05, 0.1) is 12.9 Å². The van der Waals surface area contributed by atoms with Crippen LogP contribution in [0.2, 0.25) is 0 Å². The second-order valence-corrected chi connectivity index (χ2v) is 9.95. The quantitative estimate of drug-likeness (QED) is 0.542. The minimum absolute atomic E-state index is 0.00782. The molecule has 0 spiro atoms. The van der Waals surface area contributed by atoms with Crippen molar-refractivity contribution in [3.8, 4) is 16.9 Å². The van der Waals surface area contributed by atoms with Crippen molar-refractivity contribution in [2.45, 2.75) is 12.7 Å². The summed E-state index contributed by atoms with van der Waals surface area (Å²) in [5, 5.41) is 3.71. The van der Waals surface area contributed by atoms with Crippen molar-refractivity contribution >= 4 is 42.2 Å². The number of sulfone groups is 1. The number of hydrogen-bond acceptors (Lipinski definition) is 5. The number of H-pyrrole nitrogens is 1. The van der Waals surface area contributed by atoms with Crippen molar-refractivity contribution in [3.63, 3.8) is 0 Å². The van der Waals surface area contributed by atoms with Crippen LogP contribution in [-0.2, 0) is 15.6 Å². The molecule has 0 bridgehead atoms. The van der Waals surface area contributed by atoms with Crippen LogP contribution in [0.3, 0.4) is 0 Å². The molecule has 5 nitrogen and oxygen atoms in total. The van der Waals surface area contributed by atoms with Crippen molar-refractivity contribution in [2.24, 2.45) is 0 Å². The minimum Gasteiger partial charge on any atom is -0.496 e. The second-order valence-electron chi connectivity index (χ2n) is 6.89. The molecule has 4 rings (SSSR count). The fourth-order valence-corrected chi connectivity index (χ4v) is 5.27. The molecule has 0 radical (unpaired) electrons. The van der Waals surface area contributed by atoms with E-state index in [0.29, 0.717) is 10.4 Å². The predicted molar refractivity (Wildman–Crippen MR) is 115 cm³/mol. The molecule has 0 saturated heterocycles. The zero-order valence-corrected chi connectivity index (χ0v) is 17.3. The van der Waals surface area contributed by atoms with Crippen LogP contribution >= 0.6 is 11.3 Å². The number of benzene rings is 2. The Hall–Kier alpha value is -2.64. The number of hydrogen-bond donors (Lipinski definition) is 1. The predicted octanol–water partition coefficient (Wildman–Crippen LogP) is 4.27. The van der Waals surface area contributed by atoms with Crippen LogP contribution < -0.4 is 10.3 Å². The van der Waals surface area contributed by atoms with Crippen molar-refractivity contribution in [2.75, 3.05) is 13.4 Å². The molecule has 0 saturated carbocycles. The molecule has 0 atom stereocenters. The Morgan fingerprint density at radius 1 is 1.14 bits per heavy atom. The maximum Gasteiger partial charge on any atom is 0.266 e. The number of ether oxygens (including phenoxy) is 1. The number of aryl methyl sites for hydroxylation is 1. The molecule has 2 aromatic carbocycles. The van der Waals surface area contributed by atoms with Crippen molar-refractivity contribution in [1.29, 1.82) is 0 Å². The summed E-state index contributed by atoms with van der Waals surface area (Å²) in [4.78, 5) is 15.3. The Kier molecular flexibility index (Phi) is 4.51. The van der Waals surface area contributed by atoms with E-state index in [-0.39, 0.29) is 11.3 Å². The molecular weight excluding hydrogens is 394 g/mol. The van der Waals surface area contributed by atoms with E-state index in [0.717, 1.165) is 38.5 Å². The third-order valence-corrected chi connectivity index (χ3v) is 6.57. The van der Waals surface area contributed by atoms with Gasteiger partial charge in [0.2, 0.25) is 0 Å². The van der Waals surface area contributed by atoms with Gasteiger partial charge in [0.25, 0.3) is 5.56 Å². The molecule has 0 aliphatic carbocycles. The number of fused-ring (bicyclic) bond motifs is 3. The van der Waals surface area contributed by atoms with Crippen LogP contribution in [0, 0.1) is 6.92 Å². The minimum atomic E-state index is -3.11. The van der Waals surface area contributed by atoms with Crippen LogP contribution in [0.4, 0.5) is 0 Å². The highest BCUT2D eigenvalue weighted by atomic mass is 32.2. The van der Waals surface area contributed by atoms with E-state index in [9.17, 15) is 13.2 Å². The third kappa shape index (κ3) is 3.21. The Morgan fingerprint density at radius 3 is 2.61 bits per heavy atom. The molecule has 0 aliphatic rings. The molecule has 4 aromatic rings. The topological polar surface area (TPSA) is 76.2 Å². The normalized spacial score (nSPS) is 12.0. The third-order valence-electron chi connectivity index (χ3n) is 4.82. The fraction of sp³-hybridized carbons (Fsp3) is 0.190. The van der Waals surface area contributed by atoms with Crippen LogP contribution in [0.5, 0.6) is 5.75 Å². The summed E-state index contributed by atoms with van der Waals surface area (Å²) in [6.07, 6.45) is 1.23. The smallest absolute Gasteiger partial charge is 0.266 e. The first kappa shape index (κ1) is 18.7. The largest absolute Gasteiger partial charge is 0.496 e. The highest BCUT2D eigenvalue weighted by molar-refractivity contribution is 7.89. The van der Waals surface area contributed by atoms with E-state index < -0.39 is 9.84 Å². The number of nitrogens with one attached hydrogen (secondary N) is 1. The zero-order chi connectivity index (χ0) is 20.1. The second kappa shape index (κ2) is 6.76. The maximum absolute atomic E-state index is 12.4. The van der Waals surface area contributed by atoms with Crippen molar-refractivity contribution in [3.05, 3.63) is 63.3 Å². The Labute approximate surface area is 166 Å². The number of aromatic amines is 1. The lowest BCUT2D eigenvalue weighted by atomic mass is 9.95. The number of pyridine rings is 1. The molecular formula is C21H19NO4S2. The molecule has 0 unspecified atom stereocenters. The van der Waals surface area contributed by atoms with Crippen molar-refractivity contribution < 1.29 is 13.2 Å². The summed E-state index contributed by atoms with van der Waals surface area (Å²) in [6, 6.07) is 11.4. The summed E-state index contributed by atoms with van der Waals surface area (Å²) in [5.74, 6) is 0.704.